The van der Waals surface area contributed by atoms with Crippen LogP contribution >= 0.6 is 0 Å². The lowest BCUT2D eigenvalue weighted by molar-refractivity contribution is -0.116. The van der Waals surface area contributed by atoms with Crippen LogP contribution in [-0.2, 0) is 17.9 Å². The molecule has 3 N–H and O–H groups in total. The number of benzene rings is 2. The molecule has 0 saturated heterocycles. The Balaban J connectivity index is 1.39. The van der Waals surface area contributed by atoms with E-state index in [4.69, 9.17) is 4.74 Å². The van der Waals surface area contributed by atoms with E-state index in [9.17, 15) is 9.59 Å². The number of nitrogens with one attached hydrogen (secondary N) is 3. The third-order valence-electron chi connectivity index (χ3n) is 5.36. The molecule has 0 atom stereocenters. The van der Waals surface area contributed by atoms with Crippen molar-refractivity contribution < 1.29 is 14.3 Å². The highest BCUT2D eigenvalue weighted by Crippen LogP contribution is 2.23. The number of carbonyl (C=O) groups excluding carboxylic acids is 2. The Hall–Kier alpha value is -3.06. The zero-order chi connectivity index (χ0) is 22.8. The molecule has 1 saturated carbocycles. The van der Waals surface area contributed by atoms with Gasteiger partial charge < -0.3 is 25.6 Å². The van der Waals surface area contributed by atoms with Crippen LogP contribution < -0.4 is 20.7 Å². The second kappa shape index (κ2) is 12.1. The number of amides is 3. The van der Waals surface area contributed by atoms with E-state index in [2.05, 4.69) is 16.0 Å². The number of urea groups is 1. The fourth-order valence-electron chi connectivity index (χ4n) is 3.74. The minimum atomic E-state index is -0.241. The van der Waals surface area contributed by atoms with Crippen LogP contribution in [0, 0.1) is 0 Å². The van der Waals surface area contributed by atoms with Gasteiger partial charge in [0.2, 0.25) is 5.91 Å². The normalized spacial score (nSPS) is 14.1. The number of anilines is 1. The predicted octanol–water partition coefficient (Wildman–Crippen LogP) is 3.90. The van der Waals surface area contributed by atoms with E-state index in [0.29, 0.717) is 31.4 Å². The molecule has 1 aliphatic rings. The van der Waals surface area contributed by atoms with Crippen LogP contribution in [0.5, 0.6) is 5.75 Å². The fraction of sp³-hybridized carbons (Fsp3) is 0.440. The molecule has 172 valence electrons. The second-order valence-electron chi connectivity index (χ2n) is 8.54. The van der Waals surface area contributed by atoms with E-state index in [0.717, 1.165) is 29.7 Å². The molecule has 7 heteroatoms. The Bertz CT molecular complexity index is 877. The largest absolute Gasteiger partial charge is 0.490 e. The van der Waals surface area contributed by atoms with E-state index in [1.165, 1.54) is 19.3 Å². The zero-order valence-electron chi connectivity index (χ0n) is 19.0. The van der Waals surface area contributed by atoms with E-state index < -0.39 is 0 Å². The third-order valence-corrected chi connectivity index (χ3v) is 5.36. The van der Waals surface area contributed by atoms with Gasteiger partial charge in [-0.2, -0.15) is 0 Å². The van der Waals surface area contributed by atoms with Gasteiger partial charge in [-0.3, -0.25) is 4.79 Å². The summed E-state index contributed by atoms with van der Waals surface area (Å²) in [6, 6.07) is 15.1. The summed E-state index contributed by atoms with van der Waals surface area (Å²) in [4.78, 5) is 25.9. The fourth-order valence-corrected chi connectivity index (χ4v) is 3.74. The van der Waals surface area contributed by atoms with Crippen molar-refractivity contribution >= 4 is 17.6 Å². The maximum absolute atomic E-state index is 12.2. The van der Waals surface area contributed by atoms with Gasteiger partial charge in [0, 0.05) is 18.8 Å². The molecule has 2 aromatic carbocycles. The molecule has 0 radical (unpaired) electrons. The summed E-state index contributed by atoms with van der Waals surface area (Å²) in [5.74, 6) is 0.815. The van der Waals surface area contributed by atoms with Crippen LogP contribution in [-0.4, -0.2) is 43.6 Å². The Morgan fingerprint density at radius 2 is 1.62 bits per heavy atom. The Morgan fingerprint density at radius 3 is 2.31 bits per heavy atom. The van der Waals surface area contributed by atoms with Gasteiger partial charge in [-0.25, -0.2) is 4.79 Å². The van der Waals surface area contributed by atoms with E-state index in [-0.39, 0.29) is 11.9 Å². The number of hydrogen-bond acceptors (Lipinski definition) is 4. The first-order chi connectivity index (χ1) is 15.5. The lowest BCUT2D eigenvalue weighted by Gasteiger charge is -2.23. The average Bonchev–Trinajstić information content (AvgIpc) is 2.77. The smallest absolute Gasteiger partial charge is 0.315 e. The summed E-state index contributed by atoms with van der Waals surface area (Å²) in [7, 11) is 3.69. The lowest BCUT2D eigenvalue weighted by atomic mass is 9.98. The topological polar surface area (TPSA) is 82.7 Å². The number of carbonyl (C=O) groups is 2. The van der Waals surface area contributed by atoms with Gasteiger partial charge in [0.15, 0.2) is 0 Å². The van der Waals surface area contributed by atoms with E-state index in [1.54, 1.807) is 0 Å². The first-order valence-corrected chi connectivity index (χ1v) is 11.3. The Labute approximate surface area is 190 Å². The summed E-state index contributed by atoms with van der Waals surface area (Å²) < 4.78 is 6.05. The van der Waals surface area contributed by atoms with Gasteiger partial charge in [0.05, 0.1) is 12.6 Å². The summed E-state index contributed by atoms with van der Waals surface area (Å²) in [5, 5.41) is 8.58. The molecule has 0 spiro atoms. The third kappa shape index (κ3) is 8.23. The highest BCUT2D eigenvalue weighted by molar-refractivity contribution is 5.92. The molecule has 0 aliphatic heterocycles. The number of nitrogens with zero attached hydrogens (tertiary/aromatic N) is 1. The van der Waals surface area contributed by atoms with Crippen LogP contribution in [0.1, 0.15) is 43.2 Å². The molecule has 32 heavy (non-hydrogen) atoms. The SMILES string of the molecule is CN(C)CC(=O)Nc1cccc(CNC(=O)NCc2ccc(OC3CCCCC3)cc2)c1. The van der Waals surface area contributed by atoms with Gasteiger partial charge in [0.1, 0.15) is 5.75 Å². The van der Waals surface area contributed by atoms with Crippen molar-refractivity contribution in [2.45, 2.75) is 51.3 Å². The molecule has 3 amide bonds. The van der Waals surface area contributed by atoms with Crippen molar-refractivity contribution in [3.8, 4) is 5.75 Å². The van der Waals surface area contributed by atoms with Crippen LogP contribution in [0.4, 0.5) is 10.5 Å². The molecule has 7 nitrogen and oxygen atoms in total. The quantitative estimate of drug-likeness (QED) is 0.555. The maximum atomic E-state index is 12.2. The first kappa shape index (κ1) is 23.6. The van der Waals surface area contributed by atoms with Crippen molar-refractivity contribution in [1.29, 1.82) is 0 Å². The molecular weight excluding hydrogens is 404 g/mol. The lowest BCUT2D eigenvalue weighted by Crippen LogP contribution is -2.34. The summed E-state index contributed by atoms with van der Waals surface area (Å²) in [6.07, 6.45) is 6.40. The number of rotatable bonds is 9. The molecule has 0 aromatic heterocycles. The van der Waals surface area contributed by atoms with Crippen LogP contribution in [0.15, 0.2) is 48.5 Å². The van der Waals surface area contributed by atoms with E-state index >= 15 is 0 Å². The summed E-state index contributed by atoms with van der Waals surface area (Å²) in [5.41, 5.74) is 2.64. The van der Waals surface area contributed by atoms with Crippen LogP contribution in [0.3, 0.4) is 0 Å². The minimum Gasteiger partial charge on any atom is -0.490 e. The number of ether oxygens (including phenoxy) is 1. The monoisotopic (exact) mass is 438 g/mol. The Morgan fingerprint density at radius 1 is 0.938 bits per heavy atom. The number of hydrogen-bond donors (Lipinski definition) is 3. The standard InChI is InChI=1S/C25H34N4O3/c1-29(2)18-24(30)28-21-8-6-7-20(15-21)17-27-25(31)26-16-19-11-13-23(14-12-19)32-22-9-4-3-5-10-22/h6-8,11-15,22H,3-5,9-10,16-18H2,1-2H3,(H,28,30)(H2,26,27,31). The highest BCUT2D eigenvalue weighted by Gasteiger charge is 2.14. The molecule has 1 aliphatic carbocycles. The zero-order valence-corrected chi connectivity index (χ0v) is 19.0. The van der Waals surface area contributed by atoms with Crippen molar-refractivity contribution in [2.75, 3.05) is 26.0 Å². The van der Waals surface area contributed by atoms with Crippen molar-refractivity contribution in [2.24, 2.45) is 0 Å². The molecule has 1 fully saturated rings. The predicted molar refractivity (Wildman–Crippen MR) is 127 cm³/mol. The maximum Gasteiger partial charge on any atom is 0.315 e. The number of likely N-dealkylation sites (N-methyl/N-ethyl adjacent to an activating group) is 1. The molecule has 3 rings (SSSR count). The van der Waals surface area contributed by atoms with Gasteiger partial charge in [-0.15, -0.1) is 0 Å². The molecule has 0 bridgehead atoms. The van der Waals surface area contributed by atoms with Gasteiger partial charge in [-0.05, 0) is 75.2 Å². The summed E-state index contributed by atoms with van der Waals surface area (Å²) >= 11 is 0. The van der Waals surface area contributed by atoms with Gasteiger partial charge in [-0.1, -0.05) is 30.7 Å². The van der Waals surface area contributed by atoms with Gasteiger partial charge in [0.25, 0.3) is 0 Å². The molecule has 0 unspecified atom stereocenters. The first-order valence-electron chi connectivity index (χ1n) is 11.3. The van der Waals surface area contributed by atoms with Crippen molar-refractivity contribution in [1.82, 2.24) is 15.5 Å². The van der Waals surface area contributed by atoms with Gasteiger partial charge >= 0.3 is 6.03 Å². The van der Waals surface area contributed by atoms with Crippen LogP contribution in [0.2, 0.25) is 0 Å². The Kier molecular flexibility index (Phi) is 8.92. The minimum absolute atomic E-state index is 0.0759. The van der Waals surface area contributed by atoms with Crippen molar-refractivity contribution in [3.05, 3.63) is 59.7 Å². The average molecular weight is 439 g/mol. The van der Waals surface area contributed by atoms with Crippen molar-refractivity contribution in [3.63, 3.8) is 0 Å². The molecular formula is C25H34N4O3. The van der Waals surface area contributed by atoms with E-state index in [1.807, 2.05) is 67.5 Å². The second-order valence-corrected chi connectivity index (χ2v) is 8.54. The highest BCUT2D eigenvalue weighted by atomic mass is 16.5. The molecule has 2 aromatic rings. The molecule has 0 heterocycles. The summed E-state index contributed by atoms with van der Waals surface area (Å²) in [6.45, 7) is 1.13. The van der Waals surface area contributed by atoms with Crippen LogP contribution in [0.25, 0.3) is 0 Å².